The van der Waals surface area contributed by atoms with Crippen molar-refractivity contribution in [1.82, 2.24) is 25.3 Å². The van der Waals surface area contributed by atoms with Crippen LogP contribution in [0.3, 0.4) is 0 Å². The number of carbonyl (C=O) groups excluding carboxylic acids is 1. The Balaban J connectivity index is 1.33. The van der Waals surface area contributed by atoms with Crippen molar-refractivity contribution in [1.29, 1.82) is 0 Å². The van der Waals surface area contributed by atoms with E-state index in [2.05, 4.69) is 25.5 Å². The second-order valence-electron chi connectivity index (χ2n) is 6.68. The van der Waals surface area contributed by atoms with E-state index in [-0.39, 0.29) is 12.0 Å². The van der Waals surface area contributed by atoms with Gasteiger partial charge in [0, 0.05) is 43.8 Å². The van der Waals surface area contributed by atoms with Gasteiger partial charge in [-0.15, -0.1) is 5.10 Å². The zero-order valence-corrected chi connectivity index (χ0v) is 15.7. The second kappa shape index (κ2) is 8.18. The molecule has 3 heterocycles. The largest absolute Gasteiger partial charge is 0.380 e. The van der Waals surface area contributed by atoms with Crippen LogP contribution in [0, 0.1) is 0 Å². The topological polar surface area (TPSA) is 85.2 Å². The van der Waals surface area contributed by atoms with E-state index in [0.717, 1.165) is 30.9 Å². The van der Waals surface area contributed by atoms with Crippen LogP contribution in [0.25, 0.3) is 5.69 Å². The van der Waals surface area contributed by atoms with Crippen molar-refractivity contribution < 1.29 is 9.53 Å². The minimum absolute atomic E-state index is 0.138. The molecule has 1 atom stereocenters. The number of hydrogen-bond acceptors (Lipinski definition) is 6. The molecule has 2 aromatic heterocycles. The van der Waals surface area contributed by atoms with Gasteiger partial charge in [-0.3, -0.25) is 9.78 Å². The van der Waals surface area contributed by atoms with Gasteiger partial charge < -0.3 is 15.0 Å². The van der Waals surface area contributed by atoms with Crippen LogP contribution in [0.1, 0.15) is 22.5 Å². The van der Waals surface area contributed by atoms with Gasteiger partial charge >= 0.3 is 0 Å². The summed E-state index contributed by atoms with van der Waals surface area (Å²) in [5.74, 6) is -0.138. The number of benzene rings is 1. The highest BCUT2D eigenvalue weighted by Crippen LogP contribution is 2.22. The first-order chi connectivity index (χ1) is 13.7. The molecule has 144 valence electrons. The van der Waals surface area contributed by atoms with Gasteiger partial charge in [-0.25, -0.2) is 4.68 Å². The number of hydrogen-bond donors (Lipinski definition) is 1. The quantitative estimate of drug-likeness (QED) is 0.704. The van der Waals surface area contributed by atoms with Gasteiger partial charge in [-0.2, -0.15) is 0 Å². The molecule has 0 radical (unpaired) electrons. The minimum atomic E-state index is -0.138. The van der Waals surface area contributed by atoms with Crippen LogP contribution < -0.4 is 10.2 Å². The number of pyridine rings is 1. The van der Waals surface area contributed by atoms with Crippen molar-refractivity contribution in [3.63, 3.8) is 0 Å². The van der Waals surface area contributed by atoms with Crippen molar-refractivity contribution in [3.8, 4) is 5.69 Å². The molecule has 0 saturated carbocycles. The summed E-state index contributed by atoms with van der Waals surface area (Å²) in [5.41, 5.74) is 3.28. The maximum Gasteiger partial charge on any atom is 0.251 e. The lowest BCUT2D eigenvalue weighted by Crippen LogP contribution is -2.24. The van der Waals surface area contributed by atoms with Crippen LogP contribution in [0.5, 0.6) is 0 Å². The fourth-order valence-electron chi connectivity index (χ4n) is 3.25. The Labute approximate surface area is 163 Å². The molecule has 1 fully saturated rings. The lowest BCUT2D eigenvalue weighted by atomic mass is 10.2. The smallest absolute Gasteiger partial charge is 0.251 e. The monoisotopic (exact) mass is 378 g/mol. The Morgan fingerprint density at radius 1 is 1.18 bits per heavy atom. The molecule has 3 aromatic rings. The van der Waals surface area contributed by atoms with Crippen LogP contribution in [-0.4, -0.2) is 52.2 Å². The summed E-state index contributed by atoms with van der Waals surface area (Å²) in [4.78, 5) is 18.7. The third-order valence-corrected chi connectivity index (χ3v) is 4.87. The Morgan fingerprint density at radius 2 is 1.96 bits per heavy atom. The van der Waals surface area contributed by atoms with Crippen molar-refractivity contribution >= 4 is 11.6 Å². The van der Waals surface area contributed by atoms with E-state index in [0.29, 0.717) is 17.8 Å². The normalized spacial score (nSPS) is 16.3. The molecule has 1 unspecified atom stereocenters. The van der Waals surface area contributed by atoms with E-state index in [1.165, 1.54) is 0 Å². The SMILES string of the molecule is COC1CCN(c2ccc(C(=O)NCc3cn(-c4ccncc4)nn3)cc2)C1. The molecule has 1 amide bonds. The zero-order chi connectivity index (χ0) is 19.3. The molecule has 28 heavy (non-hydrogen) atoms. The Hall–Kier alpha value is -3.26. The molecular weight excluding hydrogens is 356 g/mol. The Morgan fingerprint density at radius 3 is 2.68 bits per heavy atom. The van der Waals surface area contributed by atoms with Crippen molar-refractivity contribution in [2.45, 2.75) is 19.1 Å². The maximum atomic E-state index is 12.4. The van der Waals surface area contributed by atoms with Crippen molar-refractivity contribution in [3.05, 3.63) is 66.2 Å². The van der Waals surface area contributed by atoms with E-state index in [1.54, 1.807) is 30.4 Å². The molecule has 0 spiro atoms. The summed E-state index contributed by atoms with van der Waals surface area (Å²) in [6, 6.07) is 11.3. The summed E-state index contributed by atoms with van der Waals surface area (Å²) < 4.78 is 7.06. The fraction of sp³-hybridized carbons (Fsp3) is 0.300. The lowest BCUT2D eigenvalue weighted by Gasteiger charge is -2.18. The van der Waals surface area contributed by atoms with E-state index in [9.17, 15) is 4.79 Å². The van der Waals surface area contributed by atoms with Crippen LogP contribution in [-0.2, 0) is 11.3 Å². The van der Waals surface area contributed by atoms with E-state index >= 15 is 0 Å². The third kappa shape index (κ3) is 4.01. The first kappa shape index (κ1) is 18.1. The molecule has 0 aliphatic carbocycles. The highest BCUT2D eigenvalue weighted by Gasteiger charge is 2.22. The summed E-state index contributed by atoms with van der Waals surface area (Å²) in [6.07, 6.45) is 6.49. The second-order valence-corrected chi connectivity index (χ2v) is 6.68. The molecule has 1 aromatic carbocycles. The molecule has 1 saturated heterocycles. The van der Waals surface area contributed by atoms with Gasteiger partial charge in [0.2, 0.25) is 0 Å². The summed E-state index contributed by atoms with van der Waals surface area (Å²) in [6.45, 7) is 2.17. The van der Waals surface area contributed by atoms with Gasteiger partial charge in [0.15, 0.2) is 0 Å². The highest BCUT2D eigenvalue weighted by atomic mass is 16.5. The van der Waals surface area contributed by atoms with E-state index < -0.39 is 0 Å². The number of ether oxygens (including phenoxy) is 1. The molecule has 1 aliphatic rings. The van der Waals surface area contributed by atoms with Crippen LogP contribution in [0.2, 0.25) is 0 Å². The summed E-state index contributed by atoms with van der Waals surface area (Å²) in [5, 5.41) is 11.1. The third-order valence-electron chi connectivity index (χ3n) is 4.87. The molecule has 8 nitrogen and oxygen atoms in total. The molecule has 0 bridgehead atoms. The average Bonchev–Trinajstić information content (AvgIpc) is 3.42. The maximum absolute atomic E-state index is 12.4. The van der Waals surface area contributed by atoms with Gasteiger partial charge in [-0.05, 0) is 42.8 Å². The van der Waals surface area contributed by atoms with Crippen LogP contribution in [0.15, 0.2) is 55.0 Å². The number of amides is 1. The predicted octanol–water partition coefficient (Wildman–Crippen LogP) is 1.82. The first-order valence-corrected chi connectivity index (χ1v) is 9.20. The number of nitrogens with one attached hydrogen (secondary N) is 1. The summed E-state index contributed by atoms with van der Waals surface area (Å²) >= 11 is 0. The average molecular weight is 378 g/mol. The van der Waals surface area contributed by atoms with Crippen molar-refractivity contribution in [2.75, 3.05) is 25.1 Å². The number of aromatic nitrogens is 4. The summed E-state index contributed by atoms with van der Waals surface area (Å²) in [7, 11) is 1.75. The standard InChI is InChI=1S/C20H22N6O2/c1-28-19-8-11-25(14-19)17-4-2-15(3-5-17)20(27)22-12-16-13-26(24-23-16)18-6-9-21-10-7-18/h2-7,9-10,13,19H,8,11-12,14H2,1H3,(H,22,27). The molecule has 4 rings (SSSR count). The number of rotatable bonds is 6. The lowest BCUT2D eigenvalue weighted by molar-refractivity contribution is 0.0950. The molecule has 1 N–H and O–H groups in total. The van der Waals surface area contributed by atoms with Gasteiger partial charge in [0.05, 0.1) is 24.5 Å². The molecule has 8 heteroatoms. The molecule has 1 aliphatic heterocycles. The molecular formula is C20H22N6O2. The zero-order valence-electron chi connectivity index (χ0n) is 15.7. The van der Waals surface area contributed by atoms with Gasteiger partial charge in [-0.1, -0.05) is 5.21 Å². The number of carbonyl (C=O) groups is 1. The number of anilines is 1. The van der Waals surface area contributed by atoms with E-state index in [4.69, 9.17) is 4.74 Å². The Kier molecular flexibility index (Phi) is 5.29. The van der Waals surface area contributed by atoms with Gasteiger partial charge in [0.25, 0.3) is 5.91 Å². The number of methoxy groups -OCH3 is 1. The number of nitrogens with zero attached hydrogens (tertiary/aromatic N) is 5. The Bertz CT molecular complexity index is 925. The minimum Gasteiger partial charge on any atom is -0.380 e. The first-order valence-electron chi connectivity index (χ1n) is 9.20. The highest BCUT2D eigenvalue weighted by molar-refractivity contribution is 5.94. The van der Waals surface area contributed by atoms with Crippen LogP contribution in [0.4, 0.5) is 5.69 Å². The van der Waals surface area contributed by atoms with E-state index in [1.807, 2.05) is 36.4 Å². The predicted molar refractivity (Wildman–Crippen MR) is 104 cm³/mol. The van der Waals surface area contributed by atoms with Crippen LogP contribution >= 0.6 is 0 Å². The van der Waals surface area contributed by atoms with Gasteiger partial charge in [0.1, 0.15) is 5.69 Å². The van der Waals surface area contributed by atoms with Crippen molar-refractivity contribution in [2.24, 2.45) is 0 Å². The fourth-order valence-corrected chi connectivity index (χ4v) is 3.25.